The van der Waals surface area contributed by atoms with E-state index < -0.39 is 0 Å². The van der Waals surface area contributed by atoms with Crippen molar-refractivity contribution in [3.63, 3.8) is 0 Å². The number of aryl methyl sites for hydroxylation is 1. The summed E-state index contributed by atoms with van der Waals surface area (Å²) in [7, 11) is 1.61. The Hall–Kier alpha value is -4.15. The van der Waals surface area contributed by atoms with Gasteiger partial charge in [0.15, 0.2) is 10.6 Å². The Morgan fingerprint density at radius 2 is 1.69 bits per heavy atom. The molecule has 0 saturated carbocycles. The van der Waals surface area contributed by atoms with Gasteiger partial charge in [0.1, 0.15) is 22.5 Å². The summed E-state index contributed by atoms with van der Waals surface area (Å²) in [6, 6.07) is 27.3. The van der Waals surface area contributed by atoms with E-state index >= 15 is 0 Å². The van der Waals surface area contributed by atoms with Gasteiger partial charge in [0.2, 0.25) is 0 Å². The van der Waals surface area contributed by atoms with Crippen molar-refractivity contribution in [1.29, 1.82) is 5.26 Å². The van der Waals surface area contributed by atoms with Crippen molar-refractivity contribution in [2.24, 2.45) is 9.98 Å². The topological polar surface area (TPSA) is 88.7 Å². The van der Waals surface area contributed by atoms with E-state index in [0.29, 0.717) is 21.3 Å². The van der Waals surface area contributed by atoms with Gasteiger partial charge in [-0.3, -0.25) is 4.57 Å². The molecule has 0 bridgehead atoms. The number of nitrogens with zero attached hydrogens (tertiary/aromatic N) is 4. The van der Waals surface area contributed by atoms with E-state index in [-0.39, 0.29) is 0 Å². The second-order valence-corrected chi connectivity index (χ2v) is 7.97. The maximum atomic E-state index is 9.57. The molecule has 4 aromatic rings. The van der Waals surface area contributed by atoms with Crippen molar-refractivity contribution in [1.82, 2.24) is 4.57 Å². The monoisotopic (exact) mass is 439 g/mol. The fourth-order valence-corrected chi connectivity index (χ4v) is 3.95. The molecule has 0 atom stereocenters. The van der Waals surface area contributed by atoms with Crippen LogP contribution < -0.4 is 15.3 Å². The zero-order valence-electron chi connectivity index (χ0n) is 17.7. The molecule has 3 aromatic carbocycles. The predicted molar refractivity (Wildman–Crippen MR) is 129 cm³/mol. The first-order chi connectivity index (χ1) is 15.6. The van der Waals surface area contributed by atoms with Gasteiger partial charge in [0.05, 0.1) is 18.5 Å². The summed E-state index contributed by atoms with van der Waals surface area (Å²) in [5.41, 5.74) is 9.91. The number of hydrogen-bond acceptors (Lipinski definition) is 5. The number of thiazole rings is 1. The molecule has 0 saturated heterocycles. The van der Waals surface area contributed by atoms with E-state index in [1.54, 1.807) is 11.7 Å². The number of aromatic nitrogens is 1. The third-order valence-corrected chi connectivity index (χ3v) is 5.75. The van der Waals surface area contributed by atoms with Crippen LogP contribution in [0.1, 0.15) is 16.0 Å². The van der Waals surface area contributed by atoms with Gasteiger partial charge >= 0.3 is 0 Å². The molecule has 2 N–H and O–H groups in total. The molecular weight excluding hydrogens is 418 g/mol. The molecule has 0 fully saturated rings. The lowest BCUT2D eigenvalue weighted by molar-refractivity contribution is 0.414. The number of amidine groups is 1. The maximum Gasteiger partial charge on any atom is 0.199 e. The highest BCUT2D eigenvalue weighted by atomic mass is 32.1. The van der Waals surface area contributed by atoms with Crippen LogP contribution >= 0.6 is 11.3 Å². The minimum atomic E-state index is 0.337. The molecule has 0 amide bonds. The highest BCUT2D eigenvalue weighted by Crippen LogP contribution is 2.22. The van der Waals surface area contributed by atoms with Gasteiger partial charge in [-0.25, -0.2) is 9.98 Å². The van der Waals surface area contributed by atoms with Gasteiger partial charge in [-0.1, -0.05) is 59.4 Å². The summed E-state index contributed by atoms with van der Waals surface area (Å²) in [6.45, 7) is 2.03. The third kappa shape index (κ3) is 4.46. The van der Waals surface area contributed by atoms with E-state index in [9.17, 15) is 5.26 Å². The van der Waals surface area contributed by atoms with Crippen molar-refractivity contribution in [3.8, 4) is 17.5 Å². The summed E-state index contributed by atoms with van der Waals surface area (Å²) >= 11 is 1.23. The minimum absolute atomic E-state index is 0.337. The fourth-order valence-electron chi connectivity index (χ4n) is 3.10. The first-order valence-electron chi connectivity index (χ1n) is 9.90. The number of nitrogens with two attached hydrogens (primary N) is 1. The Kier molecular flexibility index (Phi) is 6.15. The maximum absolute atomic E-state index is 9.57. The molecule has 0 aliphatic heterocycles. The molecule has 1 aromatic heterocycles. The van der Waals surface area contributed by atoms with Crippen LogP contribution in [0.3, 0.4) is 0 Å². The number of ether oxygens (including phenoxy) is 1. The fraction of sp³-hybridized carbons (Fsp3) is 0.0800. The molecule has 0 spiro atoms. The van der Waals surface area contributed by atoms with Gasteiger partial charge < -0.3 is 10.5 Å². The molecule has 0 unspecified atom stereocenters. The lowest BCUT2D eigenvalue weighted by Gasteiger charge is -2.08. The predicted octanol–water partition coefficient (Wildman–Crippen LogP) is 4.99. The molecule has 7 heteroatoms. The Morgan fingerprint density at radius 1 is 1.00 bits per heavy atom. The van der Waals surface area contributed by atoms with Crippen LogP contribution in [-0.2, 0) is 0 Å². The van der Waals surface area contributed by atoms with Gasteiger partial charge in [-0.15, -0.1) is 0 Å². The summed E-state index contributed by atoms with van der Waals surface area (Å²) in [5, 5.41) is 9.57. The van der Waals surface area contributed by atoms with E-state index in [1.807, 2.05) is 85.8 Å². The van der Waals surface area contributed by atoms with Gasteiger partial charge in [-0.2, -0.15) is 5.26 Å². The smallest absolute Gasteiger partial charge is 0.199 e. The van der Waals surface area contributed by atoms with Crippen molar-refractivity contribution in [2.45, 2.75) is 6.92 Å². The summed E-state index contributed by atoms with van der Waals surface area (Å²) in [4.78, 5) is 10.6. The largest absolute Gasteiger partial charge is 0.497 e. The van der Waals surface area contributed by atoms with Crippen molar-refractivity contribution < 1.29 is 4.74 Å². The summed E-state index contributed by atoms with van der Waals surface area (Å²) in [5.74, 6) is 1.60. The molecular formula is C25H21N5OS. The van der Waals surface area contributed by atoms with Gasteiger partial charge in [-0.05, 0) is 43.3 Å². The average molecular weight is 440 g/mol. The van der Waals surface area contributed by atoms with Gasteiger partial charge in [0, 0.05) is 5.56 Å². The Bertz CT molecular complexity index is 1360. The molecule has 4 rings (SSSR count). The van der Waals surface area contributed by atoms with E-state index in [0.717, 1.165) is 28.3 Å². The van der Waals surface area contributed by atoms with Crippen molar-refractivity contribution >= 4 is 28.7 Å². The number of hydrogen-bond donors (Lipinski definition) is 1. The van der Waals surface area contributed by atoms with Crippen LogP contribution in [-0.4, -0.2) is 17.5 Å². The van der Waals surface area contributed by atoms with E-state index in [4.69, 9.17) is 20.5 Å². The molecule has 0 radical (unpaired) electrons. The highest BCUT2D eigenvalue weighted by molar-refractivity contribution is 7.10. The second kappa shape index (κ2) is 9.33. The number of rotatable bonds is 4. The van der Waals surface area contributed by atoms with Gasteiger partial charge in [0.25, 0.3) is 0 Å². The minimum Gasteiger partial charge on any atom is -0.497 e. The molecule has 158 valence electrons. The van der Waals surface area contributed by atoms with E-state index in [1.165, 1.54) is 11.3 Å². The molecule has 1 heterocycles. The molecule has 32 heavy (non-hydrogen) atoms. The van der Waals surface area contributed by atoms with Crippen LogP contribution in [0.2, 0.25) is 0 Å². The molecule has 6 nitrogen and oxygen atoms in total. The van der Waals surface area contributed by atoms with Crippen LogP contribution in [0.15, 0.2) is 88.8 Å². The SMILES string of the molecule is COc1ccc(-n2c(N)c(C#N)sc2=NC(=Nc2ccc(C)cc2)c2ccccc2)cc1. The number of benzene rings is 3. The lowest BCUT2D eigenvalue weighted by Crippen LogP contribution is -2.17. The quantitative estimate of drug-likeness (QED) is 0.359. The van der Waals surface area contributed by atoms with Crippen LogP contribution in [0.25, 0.3) is 5.69 Å². The number of aliphatic imine (C=N–C) groups is 1. The third-order valence-electron chi connectivity index (χ3n) is 4.79. The van der Waals surface area contributed by atoms with Crippen molar-refractivity contribution in [3.05, 3.63) is 99.7 Å². The highest BCUT2D eigenvalue weighted by Gasteiger charge is 2.14. The Morgan fingerprint density at radius 3 is 2.31 bits per heavy atom. The summed E-state index contributed by atoms with van der Waals surface area (Å²) < 4.78 is 7.02. The first kappa shape index (κ1) is 21.1. The zero-order valence-corrected chi connectivity index (χ0v) is 18.5. The molecule has 0 aliphatic rings. The zero-order chi connectivity index (χ0) is 22.5. The lowest BCUT2D eigenvalue weighted by atomic mass is 10.2. The summed E-state index contributed by atoms with van der Waals surface area (Å²) in [6.07, 6.45) is 0. The second-order valence-electron chi connectivity index (χ2n) is 6.99. The molecule has 0 aliphatic carbocycles. The standard InChI is InChI=1S/C25H21N5OS/c1-17-8-10-19(11-9-17)28-24(18-6-4-3-5-7-18)29-25-30(23(27)22(16-26)32-25)20-12-14-21(31-2)15-13-20/h3-15H,27H2,1-2H3. The Labute approximate surface area is 190 Å². The number of methoxy groups -OCH3 is 1. The Balaban J connectivity index is 1.93. The van der Waals surface area contributed by atoms with Crippen LogP contribution in [0.4, 0.5) is 11.5 Å². The number of nitrogen functional groups attached to an aromatic ring is 1. The number of anilines is 1. The van der Waals surface area contributed by atoms with Crippen molar-refractivity contribution in [2.75, 3.05) is 12.8 Å². The average Bonchev–Trinajstić information content (AvgIpc) is 3.15. The number of nitriles is 1. The first-order valence-corrected chi connectivity index (χ1v) is 10.7. The normalized spacial score (nSPS) is 11.9. The van der Waals surface area contributed by atoms with Crippen LogP contribution in [0.5, 0.6) is 5.75 Å². The van der Waals surface area contributed by atoms with E-state index in [2.05, 4.69) is 6.07 Å². The van der Waals surface area contributed by atoms with Crippen LogP contribution in [0, 0.1) is 18.3 Å².